The lowest BCUT2D eigenvalue weighted by Gasteiger charge is -2.14. The molecule has 3 aromatic rings. The Hall–Kier alpha value is -2.40. The van der Waals surface area contributed by atoms with Gasteiger partial charge in [0, 0.05) is 5.56 Å². The van der Waals surface area contributed by atoms with E-state index < -0.39 is 0 Å². The Morgan fingerprint density at radius 3 is 2.40 bits per heavy atom. The highest BCUT2D eigenvalue weighted by Gasteiger charge is 2.17. The van der Waals surface area contributed by atoms with E-state index in [2.05, 4.69) is 4.98 Å². The Morgan fingerprint density at radius 1 is 1.12 bits per heavy atom. The summed E-state index contributed by atoms with van der Waals surface area (Å²) in [6, 6.07) is 11.2. The van der Waals surface area contributed by atoms with Crippen LogP contribution < -0.4 is 5.56 Å². The maximum absolute atomic E-state index is 12.9. The second-order valence-electron chi connectivity index (χ2n) is 6.20. The minimum absolute atomic E-state index is 0.00240. The number of fused-ring (bicyclic) bond motifs is 1. The zero-order valence-corrected chi connectivity index (χ0v) is 15.6. The number of Topliss-reactive ketones (excluding diaryl/α,β-unsaturated/α-hetero) is 1. The van der Waals surface area contributed by atoms with Gasteiger partial charge < -0.3 is 0 Å². The van der Waals surface area contributed by atoms with Crippen LogP contribution in [-0.4, -0.2) is 21.6 Å². The molecule has 1 heterocycles. The molecule has 3 rings (SSSR count). The lowest BCUT2D eigenvalue weighted by atomic mass is 9.96. The first-order valence-electron chi connectivity index (χ1n) is 8.07. The van der Waals surface area contributed by atoms with Crippen LogP contribution >= 0.6 is 11.8 Å². The lowest BCUT2D eigenvalue weighted by Crippen LogP contribution is -2.27. The molecule has 4 nitrogen and oxygen atoms in total. The van der Waals surface area contributed by atoms with Crippen LogP contribution in [-0.2, 0) is 6.54 Å². The molecule has 0 spiro atoms. The van der Waals surface area contributed by atoms with E-state index >= 15 is 0 Å². The van der Waals surface area contributed by atoms with Crippen molar-refractivity contribution in [2.45, 2.75) is 32.5 Å². The van der Waals surface area contributed by atoms with Gasteiger partial charge in [0.2, 0.25) is 0 Å². The summed E-state index contributed by atoms with van der Waals surface area (Å²) in [7, 11) is 0. The van der Waals surface area contributed by atoms with Crippen molar-refractivity contribution in [3.8, 4) is 0 Å². The lowest BCUT2D eigenvalue weighted by molar-refractivity contribution is 0.0966. The van der Waals surface area contributed by atoms with Gasteiger partial charge in [0.1, 0.15) is 0 Å². The Morgan fingerprint density at radius 2 is 1.76 bits per heavy atom. The molecule has 0 bridgehead atoms. The predicted octanol–water partition coefficient (Wildman–Crippen LogP) is 3.93. The molecule has 5 heteroatoms. The summed E-state index contributed by atoms with van der Waals surface area (Å²) in [6.45, 7) is 5.88. The predicted molar refractivity (Wildman–Crippen MR) is 103 cm³/mol. The smallest absolute Gasteiger partial charge is 0.262 e. The Labute approximate surface area is 150 Å². The molecule has 2 aromatic carbocycles. The molecule has 0 atom stereocenters. The number of aryl methyl sites for hydroxylation is 3. The number of hydrogen-bond donors (Lipinski definition) is 0. The van der Waals surface area contributed by atoms with Crippen molar-refractivity contribution in [2.24, 2.45) is 0 Å². The fourth-order valence-corrected chi connectivity index (χ4v) is 3.84. The maximum atomic E-state index is 12.9. The van der Waals surface area contributed by atoms with Gasteiger partial charge in [-0.15, -0.1) is 0 Å². The average molecular weight is 352 g/mol. The highest BCUT2D eigenvalue weighted by molar-refractivity contribution is 7.98. The number of carbonyl (C=O) groups is 1. The number of benzene rings is 2. The van der Waals surface area contributed by atoms with Crippen LogP contribution in [0.5, 0.6) is 0 Å². The molecule has 0 amide bonds. The van der Waals surface area contributed by atoms with Crippen molar-refractivity contribution in [2.75, 3.05) is 6.26 Å². The average Bonchev–Trinajstić information content (AvgIpc) is 2.56. The van der Waals surface area contributed by atoms with Crippen LogP contribution in [0.2, 0.25) is 0 Å². The third-order valence-corrected chi connectivity index (χ3v) is 4.94. The third kappa shape index (κ3) is 3.24. The highest BCUT2D eigenvalue weighted by Crippen LogP contribution is 2.20. The SMILES string of the molecule is CSc1nc2ccccc2c(=O)n1CC(=O)c1c(C)cc(C)cc1C. The number of thioether (sulfide) groups is 1. The maximum Gasteiger partial charge on any atom is 0.262 e. The van der Waals surface area contributed by atoms with E-state index in [0.717, 1.165) is 16.7 Å². The number of carbonyl (C=O) groups excluding carboxylic acids is 1. The molecule has 0 N–H and O–H groups in total. The number of hydrogen-bond acceptors (Lipinski definition) is 4. The molecule has 0 aliphatic rings. The molecule has 0 saturated carbocycles. The van der Waals surface area contributed by atoms with E-state index in [1.807, 2.05) is 57.4 Å². The monoisotopic (exact) mass is 352 g/mol. The van der Waals surface area contributed by atoms with E-state index in [1.165, 1.54) is 16.3 Å². The number of ketones is 1. The minimum Gasteiger partial charge on any atom is -0.292 e. The van der Waals surface area contributed by atoms with Crippen LogP contribution in [0.3, 0.4) is 0 Å². The normalized spacial score (nSPS) is 11.0. The number of para-hydroxylation sites is 1. The summed E-state index contributed by atoms with van der Waals surface area (Å²) in [5.74, 6) is -0.0653. The first-order chi connectivity index (χ1) is 11.9. The standard InChI is InChI=1S/C20H20N2O2S/c1-12-9-13(2)18(14(3)10-12)17(23)11-22-19(24)15-7-5-6-8-16(15)21-20(22)25-4/h5-10H,11H2,1-4H3. The van der Waals surface area contributed by atoms with Crippen LogP contribution in [0.4, 0.5) is 0 Å². The van der Waals surface area contributed by atoms with Crippen molar-refractivity contribution >= 4 is 28.4 Å². The molecular formula is C20H20N2O2S. The Bertz CT molecular complexity index is 1010. The van der Waals surface area contributed by atoms with Crippen LogP contribution in [0.1, 0.15) is 27.0 Å². The molecule has 128 valence electrons. The quantitative estimate of drug-likeness (QED) is 0.406. The van der Waals surface area contributed by atoms with Crippen molar-refractivity contribution in [3.63, 3.8) is 0 Å². The first kappa shape index (κ1) is 17.4. The van der Waals surface area contributed by atoms with E-state index in [-0.39, 0.29) is 17.9 Å². The van der Waals surface area contributed by atoms with Gasteiger partial charge in [-0.1, -0.05) is 41.6 Å². The summed E-state index contributed by atoms with van der Waals surface area (Å²) in [4.78, 5) is 30.3. The number of nitrogens with zero attached hydrogens (tertiary/aromatic N) is 2. The third-order valence-electron chi connectivity index (χ3n) is 4.27. The van der Waals surface area contributed by atoms with Crippen molar-refractivity contribution in [1.29, 1.82) is 0 Å². The van der Waals surface area contributed by atoms with Gasteiger partial charge >= 0.3 is 0 Å². The number of aromatic nitrogens is 2. The first-order valence-corrected chi connectivity index (χ1v) is 9.29. The van der Waals surface area contributed by atoms with Gasteiger partial charge in [-0.25, -0.2) is 4.98 Å². The van der Waals surface area contributed by atoms with Crippen molar-refractivity contribution < 1.29 is 4.79 Å². The van der Waals surface area contributed by atoms with Crippen molar-refractivity contribution in [3.05, 3.63) is 69.0 Å². The number of rotatable bonds is 4. The van der Waals surface area contributed by atoms with Gasteiger partial charge in [0.25, 0.3) is 5.56 Å². The molecule has 0 aliphatic heterocycles. The van der Waals surface area contributed by atoms with Crippen LogP contribution in [0, 0.1) is 20.8 Å². The highest BCUT2D eigenvalue weighted by atomic mass is 32.2. The van der Waals surface area contributed by atoms with Gasteiger partial charge in [0.15, 0.2) is 10.9 Å². The zero-order valence-electron chi connectivity index (χ0n) is 14.8. The molecule has 1 aromatic heterocycles. The van der Waals surface area contributed by atoms with Gasteiger partial charge in [-0.3, -0.25) is 14.2 Å². The molecule has 0 aliphatic carbocycles. The molecule has 0 unspecified atom stereocenters. The second-order valence-corrected chi connectivity index (χ2v) is 6.98. The summed E-state index contributed by atoms with van der Waals surface area (Å²) < 4.78 is 1.48. The second kappa shape index (κ2) is 6.84. The van der Waals surface area contributed by atoms with Crippen molar-refractivity contribution in [1.82, 2.24) is 9.55 Å². The molecule has 0 saturated heterocycles. The molecular weight excluding hydrogens is 332 g/mol. The Kier molecular flexibility index (Phi) is 4.77. The van der Waals surface area contributed by atoms with E-state index in [9.17, 15) is 9.59 Å². The summed E-state index contributed by atoms with van der Waals surface area (Å²) in [5.41, 5.74) is 4.18. The largest absolute Gasteiger partial charge is 0.292 e. The van der Waals surface area contributed by atoms with Gasteiger partial charge in [0.05, 0.1) is 17.4 Å². The van der Waals surface area contributed by atoms with E-state index in [4.69, 9.17) is 0 Å². The van der Waals surface area contributed by atoms with E-state index in [1.54, 1.807) is 6.07 Å². The van der Waals surface area contributed by atoms with Crippen LogP contribution in [0.25, 0.3) is 10.9 Å². The molecule has 25 heavy (non-hydrogen) atoms. The molecule has 0 fully saturated rings. The van der Waals surface area contributed by atoms with Crippen LogP contribution in [0.15, 0.2) is 46.3 Å². The Balaban J connectivity index is 2.11. The summed E-state index contributed by atoms with van der Waals surface area (Å²) in [5, 5.41) is 1.09. The summed E-state index contributed by atoms with van der Waals surface area (Å²) >= 11 is 1.37. The molecule has 0 radical (unpaired) electrons. The van der Waals surface area contributed by atoms with Gasteiger partial charge in [-0.2, -0.15) is 0 Å². The minimum atomic E-state index is -0.175. The topological polar surface area (TPSA) is 52.0 Å². The fraction of sp³-hybridized carbons (Fsp3) is 0.250. The summed E-state index contributed by atoms with van der Waals surface area (Å²) in [6.07, 6.45) is 1.86. The fourth-order valence-electron chi connectivity index (χ4n) is 3.29. The van der Waals surface area contributed by atoms with E-state index in [0.29, 0.717) is 21.6 Å². The zero-order chi connectivity index (χ0) is 18.1. The van der Waals surface area contributed by atoms with Gasteiger partial charge in [-0.05, 0) is 50.3 Å².